The Bertz CT molecular complexity index is 187. The van der Waals surface area contributed by atoms with Crippen molar-refractivity contribution in [3.63, 3.8) is 0 Å². The van der Waals surface area contributed by atoms with E-state index >= 15 is 0 Å². The van der Waals surface area contributed by atoms with Crippen molar-refractivity contribution in [3.8, 4) is 0 Å². The zero-order chi connectivity index (χ0) is 10.8. The Hall–Kier alpha value is -1.19. The Kier molecular flexibility index (Phi) is 7.70. The molecule has 82 valence electrons. The molecule has 0 atom stereocenters. The minimum absolute atomic E-state index is 0.190. The van der Waals surface area contributed by atoms with Crippen LogP contribution in [0, 0.1) is 0 Å². The molecule has 0 aliphatic heterocycles. The highest BCUT2D eigenvalue weighted by Crippen LogP contribution is 2.02. The van der Waals surface area contributed by atoms with Crippen LogP contribution in [0.2, 0.25) is 0 Å². The Morgan fingerprint density at radius 1 is 1.43 bits per heavy atom. The Labute approximate surface area is 84.5 Å². The molecule has 0 saturated heterocycles. The number of rotatable bonds is 7. The first kappa shape index (κ1) is 12.8. The summed E-state index contributed by atoms with van der Waals surface area (Å²) in [6.45, 7) is 4.81. The summed E-state index contributed by atoms with van der Waals surface area (Å²) in [4.78, 5) is 9.95. The minimum Gasteiger partial charge on any atom is -0.501 e. The van der Waals surface area contributed by atoms with Gasteiger partial charge in [0.2, 0.25) is 0 Å². The molecular weight excluding hydrogens is 184 g/mol. The van der Waals surface area contributed by atoms with Gasteiger partial charge >= 0.3 is 6.16 Å². The summed E-state index contributed by atoms with van der Waals surface area (Å²) in [5, 5.41) is 8.15. The molecule has 4 heteroatoms. The predicted octanol–water partition coefficient (Wildman–Crippen LogP) is 2.79. The molecule has 0 heterocycles. The lowest BCUT2D eigenvalue weighted by molar-refractivity contribution is 0.0840. The van der Waals surface area contributed by atoms with E-state index in [1.165, 1.54) is 5.57 Å². The van der Waals surface area contributed by atoms with Gasteiger partial charge in [-0.2, -0.15) is 0 Å². The van der Waals surface area contributed by atoms with Crippen LogP contribution in [0.3, 0.4) is 0 Å². The van der Waals surface area contributed by atoms with Crippen molar-refractivity contribution >= 4 is 6.16 Å². The molecule has 4 nitrogen and oxygen atoms in total. The topological polar surface area (TPSA) is 55.8 Å². The second kappa shape index (κ2) is 8.41. The molecule has 0 aromatic carbocycles. The molecule has 14 heavy (non-hydrogen) atoms. The number of allylic oxidation sites excluding steroid dienone is 1. The molecule has 0 aromatic rings. The number of carbonyl (C=O) groups is 1. The standard InChI is InChI=1S/C10H18O4/c1-3-5-9(2)8-13-6-4-7-14-10(11)12/h8H,3-7H2,1-2H3,(H,11,12). The molecule has 0 rings (SSSR count). The molecule has 0 amide bonds. The maximum atomic E-state index is 9.95. The number of hydrogen-bond acceptors (Lipinski definition) is 3. The van der Waals surface area contributed by atoms with Crippen molar-refractivity contribution < 1.29 is 19.4 Å². The molecule has 0 radical (unpaired) electrons. The molecule has 0 aliphatic rings. The molecule has 0 bridgehead atoms. The van der Waals surface area contributed by atoms with Crippen LogP contribution in [0.25, 0.3) is 0 Å². The second-order valence-corrected chi connectivity index (χ2v) is 3.05. The van der Waals surface area contributed by atoms with Gasteiger partial charge in [0.15, 0.2) is 0 Å². The van der Waals surface area contributed by atoms with Gasteiger partial charge in [-0.15, -0.1) is 0 Å². The first-order chi connectivity index (χ1) is 6.66. The summed E-state index contributed by atoms with van der Waals surface area (Å²) in [5.41, 5.74) is 1.20. The average Bonchev–Trinajstić information content (AvgIpc) is 2.11. The summed E-state index contributed by atoms with van der Waals surface area (Å²) in [6, 6.07) is 0. The zero-order valence-electron chi connectivity index (χ0n) is 8.78. The smallest absolute Gasteiger partial charge is 0.501 e. The van der Waals surface area contributed by atoms with Gasteiger partial charge in [-0.05, 0) is 18.9 Å². The van der Waals surface area contributed by atoms with Crippen molar-refractivity contribution in [2.75, 3.05) is 13.2 Å². The van der Waals surface area contributed by atoms with E-state index in [4.69, 9.17) is 9.84 Å². The first-order valence-corrected chi connectivity index (χ1v) is 4.79. The van der Waals surface area contributed by atoms with Crippen molar-refractivity contribution in [1.29, 1.82) is 0 Å². The summed E-state index contributed by atoms with van der Waals surface area (Å²) in [5.74, 6) is 0. The lowest BCUT2D eigenvalue weighted by atomic mass is 10.2. The lowest BCUT2D eigenvalue weighted by Gasteiger charge is -2.02. The van der Waals surface area contributed by atoms with Gasteiger partial charge < -0.3 is 14.6 Å². The maximum Gasteiger partial charge on any atom is 0.505 e. The van der Waals surface area contributed by atoms with Crippen LogP contribution in [-0.4, -0.2) is 24.5 Å². The highest BCUT2D eigenvalue weighted by atomic mass is 16.7. The molecule has 0 fully saturated rings. The van der Waals surface area contributed by atoms with Gasteiger partial charge in [0, 0.05) is 6.42 Å². The van der Waals surface area contributed by atoms with Crippen LogP contribution >= 0.6 is 0 Å². The summed E-state index contributed by atoms with van der Waals surface area (Å²) < 4.78 is 9.51. The van der Waals surface area contributed by atoms with Crippen molar-refractivity contribution in [2.45, 2.75) is 33.1 Å². The number of carboxylic acid groups (broad SMARTS) is 1. The normalized spacial score (nSPS) is 11.1. The van der Waals surface area contributed by atoms with Crippen LogP contribution < -0.4 is 0 Å². The fourth-order valence-corrected chi connectivity index (χ4v) is 0.956. The van der Waals surface area contributed by atoms with Crippen LogP contribution in [0.4, 0.5) is 4.79 Å². The molecule has 0 aliphatic carbocycles. The summed E-state index contributed by atoms with van der Waals surface area (Å²) in [7, 11) is 0. The highest BCUT2D eigenvalue weighted by Gasteiger charge is 1.94. The molecular formula is C10H18O4. The Morgan fingerprint density at radius 2 is 2.14 bits per heavy atom. The average molecular weight is 202 g/mol. The van der Waals surface area contributed by atoms with E-state index in [2.05, 4.69) is 11.7 Å². The fraction of sp³-hybridized carbons (Fsp3) is 0.700. The third-order valence-corrected chi connectivity index (χ3v) is 1.56. The van der Waals surface area contributed by atoms with E-state index in [0.717, 1.165) is 12.8 Å². The third kappa shape index (κ3) is 8.90. The minimum atomic E-state index is -1.23. The number of hydrogen-bond donors (Lipinski definition) is 1. The van der Waals surface area contributed by atoms with E-state index < -0.39 is 6.16 Å². The largest absolute Gasteiger partial charge is 0.505 e. The van der Waals surface area contributed by atoms with Gasteiger partial charge in [-0.1, -0.05) is 13.3 Å². The molecule has 0 unspecified atom stereocenters. The van der Waals surface area contributed by atoms with Gasteiger partial charge in [0.05, 0.1) is 19.5 Å². The number of ether oxygens (including phenoxy) is 2. The van der Waals surface area contributed by atoms with Gasteiger partial charge in [-0.25, -0.2) is 4.79 Å². The van der Waals surface area contributed by atoms with Crippen LogP contribution in [-0.2, 0) is 9.47 Å². The summed E-state index contributed by atoms with van der Waals surface area (Å²) >= 11 is 0. The first-order valence-electron chi connectivity index (χ1n) is 4.79. The third-order valence-electron chi connectivity index (χ3n) is 1.56. The van der Waals surface area contributed by atoms with Gasteiger partial charge in [-0.3, -0.25) is 0 Å². The van der Waals surface area contributed by atoms with E-state index in [-0.39, 0.29) is 6.61 Å². The fourth-order valence-electron chi connectivity index (χ4n) is 0.956. The Balaban J connectivity index is 3.28. The lowest BCUT2D eigenvalue weighted by Crippen LogP contribution is -2.03. The molecule has 1 N–H and O–H groups in total. The molecule has 0 spiro atoms. The Morgan fingerprint density at radius 3 is 2.71 bits per heavy atom. The van der Waals surface area contributed by atoms with E-state index in [9.17, 15) is 4.79 Å². The maximum absolute atomic E-state index is 9.95. The van der Waals surface area contributed by atoms with Crippen LogP contribution in [0.5, 0.6) is 0 Å². The van der Waals surface area contributed by atoms with Crippen LogP contribution in [0.15, 0.2) is 11.8 Å². The van der Waals surface area contributed by atoms with Crippen molar-refractivity contribution in [3.05, 3.63) is 11.8 Å². The summed E-state index contributed by atoms with van der Waals surface area (Å²) in [6.07, 6.45) is 3.22. The van der Waals surface area contributed by atoms with Crippen molar-refractivity contribution in [1.82, 2.24) is 0 Å². The quantitative estimate of drug-likeness (QED) is 0.392. The van der Waals surface area contributed by atoms with E-state index in [0.29, 0.717) is 13.0 Å². The zero-order valence-corrected chi connectivity index (χ0v) is 8.78. The van der Waals surface area contributed by atoms with Crippen molar-refractivity contribution in [2.24, 2.45) is 0 Å². The van der Waals surface area contributed by atoms with E-state index in [1.807, 2.05) is 6.92 Å². The van der Waals surface area contributed by atoms with E-state index in [1.54, 1.807) is 6.26 Å². The highest BCUT2D eigenvalue weighted by molar-refractivity contribution is 5.56. The second-order valence-electron chi connectivity index (χ2n) is 3.05. The van der Waals surface area contributed by atoms with Gasteiger partial charge in [0.1, 0.15) is 0 Å². The van der Waals surface area contributed by atoms with Crippen LogP contribution in [0.1, 0.15) is 33.1 Å². The predicted molar refractivity (Wildman–Crippen MR) is 53.2 cm³/mol. The van der Waals surface area contributed by atoms with Gasteiger partial charge in [0.25, 0.3) is 0 Å². The monoisotopic (exact) mass is 202 g/mol. The SMILES string of the molecule is CCCC(C)=COCCCOC(=O)O. The molecule has 0 aromatic heterocycles. The molecule has 0 saturated carbocycles.